The number of allylic oxidation sites excluding steroid dienone is 3. The van der Waals surface area contributed by atoms with Gasteiger partial charge in [0.25, 0.3) is 5.56 Å². The van der Waals surface area contributed by atoms with Crippen LogP contribution in [0.2, 0.25) is 0 Å². The van der Waals surface area contributed by atoms with E-state index in [2.05, 4.69) is 38.8 Å². The van der Waals surface area contributed by atoms with E-state index >= 15 is 0 Å². The van der Waals surface area contributed by atoms with Crippen LogP contribution < -0.4 is 15.0 Å². The Kier molecular flexibility index (Phi) is 8.18. The van der Waals surface area contributed by atoms with E-state index in [1.807, 2.05) is 12.1 Å². The van der Waals surface area contributed by atoms with Crippen molar-refractivity contribution in [1.82, 2.24) is 4.98 Å². The van der Waals surface area contributed by atoms with Gasteiger partial charge in [-0.2, -0.15) is 0 Å². The van der Waals surface area contributed by atoms with Gasteiger partial charge in [-0.05, 0) is 58.2 Å². The molecule has 152 valence electrons. The van der Waals surface area contributed by atoms with Crippen LogP contribution in [0.5, 0.6) is 17.2 Å². The zero-order chi connectivity index (χ0) is 20.5. The molecule has 0 atom stereocenters. The highest BCUT2D eigenvalue weighted by Crippen LogP contribution is 2.32. The molecule has 2 aromatic rings. The Morgan fingerprint density at radius 3 is 2.68 bits per heavy atom. The molecule has 1 aromatic heterocycles. The quantitative estimate of drug-likeness (QED) is 0.419. The predicted molar refractivity (Wildman–Crippen MR) is 115 cm³/mol. The number of pyridine rings is 1. The summed E-state index contributed by atoms with van der Waals surface area (Å²) in [7, 11) is 0. The predicted octanol–water partition coefficient (Wildman–Crippen LogP) is 5.48. The molecule has 0 amide bonds. The normalized spacial score (nSPS) is 11.5. The minimum absolute atomic E-state index is 0.201. The lowest BCUT2D eigenvalue weighted by Gasteiger charge is -2.11. The number of aromatic nitrogens is 1. The molecular formula is C23H31NO4. The molecule has 0 saturated carbocycles. The first kappa shape index (κ1) is 21.6. The molecule has 1 heterocycles. The summed E-state index contributed by atoms with van der Waals surface area (Å²) in [6, 6.07) is 5.38. The first-order chi connectivity index (χ1) is 13.4. The fourth-order valence-electron chi connectivity index (χ4n) is 2.77. The van der Waals surface area contributed by atoms with Gasteiger partial charge in [0.15, 0.2) is 5.75 Å². The van der Waals surface area contributed by atoms with Gasteiger partial charge in [-0.25, -0.2) is 0 Å². The molecule has 0 saturated heterocycles. The second-order valence-corrected chi connectivity index (χ2v) is 7.22. The van der Waals surface area contributed by atoms with Crippen LogP contribution in [0, 0.1) is 0 Å². The Morgan fingerprint density at radius 2 is 1.96 bits per heavy atom. The zero-order valence-electron chi connectivity index (χ0n) is 17.3. The summed E-state index contributed by atoms with van der Waals surface area (Å²) < 4.78 is 11.5. The van der Waals surface area contributed by atoms with Crippen molar-refractivity contribution in [2.75, 3.05) is 13.2 Å². The number of aromatic hydroxyl groups is 1. The van der Waals surface area contributed by atoms with Crippen molar-refractivity contribution in [1.29, 1.82) is 0 Å². The molecule has 0 fully saturated rings. The molecule has 0 aliphatic rings. The van der Waals surface area contributed by atoms with Crippen LogP contribution in [0.25, 0.3) is 10.9 Å². The molecule has 28 heavy (non-hydrogen) atoms. The molecule has 0 radical (unpaired) electrons. The highest BCUT2D eigenvalue weighted by molar-refractivity contribution is 5.88. The third kappa shape index (κ3) is 6.19. The third-order valence-corrected chi connectivity index (χ3v) is 4.43. The van der Waals surface area contributed by atoms with Crippen molar-refractivity contribution in [3.8, 4) is 17.2 Å². The Hall–Kier alpha value is -2.69. The van der Waals surface area contributed by atoms with Crippen LogP contribution in [0.3, 0.4) is 0 Å². The number of ether oxygens (including phenoxy) is 2. The lowest BCUT2D eigenvalue weighted by atomic mass is 10.1. The van der Waals surface area contributed by atoms with Crippen molar-refractivity contribution in [2.24, 2.45) is 0 Å². The maximum Gasteiger partial charge on any atom is 0.294 e. The molecule has 5 nitrogen and oxygen atoms in total. The van der Waals surface area contributed by atoms with Gasteiger partial charge in [-0.3, -0.25) is 4.79 Å². The third-order valence-electron chi connectivity index (χ3n) is 4.43. The molecule has 1 aromatic carbocycles. The average molecular weight is 386 g/mol. The smallest absolute Gasteiger partial charge is 0.294 e. The second kappa shape index (κ2) is 10.6. The largest absolute Gasteiger partial charge is 0.500 e. The Labute approximate surface area is 166 Å². The van der Waals surface area contributed by atoms with Crippen molar-refractivity contribution >= 4 is 10.9 Å². The maximum atomic E-state index is 12.1. The molecule has 5 heteroatoms. The number of hydrogen-bond donors (Lipinski definition) is 2. The van der Waals surface area contributed by atoms with Crippen LogP contribution in [0.1, 0.15) is 53.4 Å². The molecule has 0 bridgehead atoms. The summed E-state index contributed by atoms with van der Waals surface area (Å²) in [6.07, 6.45) is 8.15. The van der Waals surface area contributed by atoms with Crippen LogP contribution in [-0.2, 0) is 0 Å². The van der Waals surface area contributed by atoms with E-state index < -0.39 is 11.3 Å². The Balaban J connectivity index is 2.15. The minimum atomic E-state index is -0.572. The molecule has 0 aliphatic carbocycles. The lowest BCUT2D eigenvalue weighted by Crippen LogP contribution is -2.08. The van der Waals surface area contributed by atoms with Crippen LogP contribution >= 0.6 is 0 Å². The van der Waals surface area contributed by atoms with Gasteiger partial charge < -0.3 is 19.6 Å². The first-order valence-corrected chi connectivity index (χ1v) is 9.86. The van der Waals surface area contributed by atoms with Crippen molar-refractivity contribution < 1.29 is 14.6 Å². The fourth-order valence-corrected chi connectivity index (χ4v) is 2.77. The molecule has 0 unspecified atom stereocenters. The van der Waals surface area contributed by atoms with Crippen LogP contribution in [-0.4, -0.2) is 23.3 Å². The molecule has 0 spiro atoms. The number of fused-ring (bicyclic) bond motifs is 1. The zero-order valence-corrected chi connectivity index (χ0v) is 17.3. The van der Waals surface area contributed by atoms with E-state index in [4.69, 9.17) is 9.47 Å². The van der Waals surface area contributed by atoms with E-state index in [9.17, 15) is 9.90 Å². The minimum Gasteiger partial charge on any atom is -0.500 e. The molecule has 2 N–H and O–H groups in total. The van der Waals surface area contributed by atoms with Gasteiger partial charge in [-0.15, -0.1) is 0 Å². The van der Waals surface area contributed by atoms with E-state index in [-0.39, 0.29) is 5.75 Å². The number of hydrogen-bond acceptors (Lipinski definition) is 4. The SMILES string of the molecule is CCCCOc1ccc2c(OC/C=C(\C)CCC=C(C)C)c(O)c(=O)[nH]c2c1. The maximum absolute atomic E-state index is 12.1. The topological polar surface area (TPSA) is 71.5 Å². The summed E-state index contributed by atoms with van der Waals surface area (Å²) >= 11 is 0. The summed E-state index contributed by atoms with van der Waals surface area (Å²) in [5.41, 5.74) is 2.52. The summed E-state index contributed by atoms with van der Waals surface area (Å²) in [5.74, 6) is 0.484. The van der Waals surface area contributed by atoms with Crippen molar-refractivity contribution in [3.05, 3.63) is 51.9 Å². The number of nitrogens with one attached hydrogen (secondary N) is 1. The lowest BCUT2D eigenvalue weighted by molar-refractivity contribution is 0.309. The monoisotopic (exact) mass is 385 g/mol. The standard InChI is InChI=1S/C23H31NO4/c1-5-6-13-27-18-10-11-19-20(15-18)24-23(26)21(25)22(19)28-14-12-17(4)9-7-8-16(2)3/h8,10-12,15,25H,5-7,9,13-14H2,1-4H3,(H,24,26)/b17-12+. The van der Waals surface area contributed by atoms with E-state index in [0.29, 0.717) is 29.9 Å². The first-order valence-electron chi connectivity index (χ1n) is 9.86. The Bertz CT molecular complexity index is 905. The number of benzene rings is 1. The summed E-state index contributed by atoms with van der Waals surface area (Å²) in [5, 5.41) is 10.8. The van der Waals surface area contributed by atoms with Gasteiger partial charge in [0, 0.05) is 11.5 Å². The highest BCUT2D eigenvalue weighted by atomic mass is 16.5. The van der Waals surface area contributed by atoms with Crippen molar-refractivity contribution in [3.63, 3.8) is 0 Å². The molecule has 0 aliphatic heterocycles. The van der Waals surface area contributed by atoms with Gasteiger partial charge in [-0.1, -0.05) is 30.6 Å². The van der Waals surface area contributed by atoms with Crippen LogP contribution in [0.15, 0.2) is 46.3 Å². The molecule has 2 rings (SSSR count). The average Bonchev–Trinajstić information content (AvgIpc) is 2.64. The summed E-state index contributed by atoms with van der Waals surface area (Å²) in [4.78, 5) is 14.8. The van der Waals surface area contributed by atoms with Gasteiger partial charge in [0.2, 0.25) is 5.75 Å². The van der Waals surface area contributed by atoms with E-state index in [0.717, 1.165) is 25.7 Å². The van der Waals surface area contributed by atoms with Crippen molar-refractivity contribution in [2.45, 2.75) is 53.4 Å². The second-order valence-electron chi connectivity index (χ2n) is 7.22. The van der Waals surface area contributed by atoms with Gasteiger partial charge >= 0.3 is 0 Å². The van der Waals surface area contributed by atoms with Crippen LogP contribution in [0.4, 0.5) is 0 Å². The number of unbranched alkanes of at least 4 members (excludes halogenated alkanes) is 1. The van der Waals surface area contributed by atoms with E-state index in [1.54, 1.807) is 12.1 Å². The Morgan fingerprint density at radius 1 is 1.18 bits per heavy atom. The number of aromatic amines is 1. The number of H-pyrrole nitrogens is 1. The fraction of sp³-hybridized carbons (Fsp3) is 0.435. The number of rotatable bonds is 10. The highest BCUT2D eigenvalue weighted by Gasteiger charge is 2.13. The molecular weight excluding hydrogens is 354 g/mol. The van der Waals surface area contributed by atoms with Gasteiger partial charge in [0.1, 0.15) is 12.4 Å². The van der Waals surface area contributed by atoms with Gasteiger partial charge in [0.05, 0.1) is 12.1 Å². The summed E-state index contributed by atoms with van der Waals surface area (Å²) in [6.45, 7) is 9.25. The van der Waals surface area contributed by atoms with E-state index in [1.165, 1.54) is 11.1 Å².